The van der Waals surface area contributed by atoms with Crippen LogP contribution in [0.5, 0.6) is 5.75 Å². The van der Waals surface area contributed by atoms with Gasteiger partial charge in [-0.1, -0.05) is 6.07 Å². The van der Waals surface area contributed by atoms with Crippen LogP contribution in [0.4, 0.5) is 0 Å². The molecule has 22 heavy (non-hydrogen) atoms. The molecule has 1 N–H and O–H groups in total. The number of alkyl halides is 1. The molecule has 5 nitrogen and oxygen atoms in total. The maximum Gasteiger partial charge on any atom is 0.356 e. The van der Waals surface area contributed by atoms with Gasteiger partial charge in [-0.05, 0) is 47.5 Å². The number of methoxy groups -OCH3 is 1. The molecule has 118 valence electrons. The van der Waals surface area contributed by atoms with Crippen molar-refractivity contribution < 1.29 is 14.3 Å². The Morgan fingerprint density at radius 3 is 2.86 bits per heavy atom. The number of carbonyl (C=O) groups is 1. The number of halogens is 2. The van der Waals surface area contributed by atoms with Gasteiger partial charge in [0.1, 0.15) is 22.1 Å². The fourth-order valence-electron chi connectivity index (χ4n) is 1.96. The van der Waals surface area contributed by atoms with Crippen LogP contribution < -0.4 is 4.74 Å². The van der Waals surface area contributed by atoms with Crippen molar-refractivity contribution >= 4 is 33.5 Å². The van der Waals surface area contributed by atoms with Crippen LogP contribution in [-0.2, 0) is 9.61 Å². The minimum absolute atomic E-state index is 0.271. The molecule has 0 amide bonds. The molecule has 2 rings (SSSR count). The third kappa shape index (κ3) is 3.28. The highest BCUT2D eigenvalue weighted by atomic mass is 79.9. The molecule has 2 aromatic rings. The zero-order chi connectivity index (χ0) is 16.3. The number of hydrogen-bond donors (Lipinski definition) is 1. The second-order valence-electron chi connectivity index (χ2n) is 4.72. The molecule has 0 spiro atoms. The zero-order valence-corrected chi connectivity index (χ0v) is 14.8. The molecule has 0 aliphatic heterocycles. The van der Waals surface area contributed by atoms with E-state index in [1.165, 1.54) is 6.20 Å². The van der Waals surface area contributed by atoms with E-state index in [0.717, 1.165) is 10.0 Å². The SMILES string of the molecule is CCOC(=O)c1cnc(C(C)(Cl)c2ccc(Br)c(OC)c2)[nH]1. The molecule has 0 radical (unpaired) electrons. The van der Waals surface area contributed by atoms with Gasteiger partial charge in [-0.2, -0.15) is 0 Å². The van der Waals surface area contributed by atoms with Crippen molar-refractivity contribution in [1.29, 1.82) is 0 Å². The second-order valence-corrected chi connectivity index (χ2v) is 6.33. The monoisotopic (exact) mass is 386 g/mol. The third-order valence-corrected chi connectivity index (χ3v) is 4.26. The largest absolute Gasteiger partial charge is 0.496 e. The summed E-state index contributed by atoms with van der Waals surface area (Å²) < 4.78 is 11.0. The second kappa shape index (κ2) is 6.71. The lowest BCUT2D eigenvalue weighted by Gasteiger charge is -2.21. The van der Waals surface area contributed by atoms with Crippen molar-refractivity contribution in [3.63, 3.8) is 0 Å². The van der Waals surface area contributed by atoms with Crippen molar-refractivity contribution in [3.05, 3.63) is 46.0 Å². The Morgan fingerprint density at radius 1 is 1.50 bits per heavy atom. The maximum absolute atomic E-state index is 11.7. The minimum Gasteiger partial charge on any atom is -0.496 e. The van der Waals surface area contributed by atoms with E-state index in [1.54, 1.807) is 21.0 Å². The topological polar surface area (TPSA) is 64.2 Å². The van der Waals surface area contributed by atoms with Gasteiger partial charge in [0.15, 0.2) is 0 Å². The first-order valence-corrected chi connectivity index (χ1v) is 7.82. The first-order chi connectivity index (χ1) is 10.4. The summed E-state index contributed by atoms with van der Waals surface area (Å²) in [7, 11) is 1.58. The molecule has 0 saturated heterocycles. The Kier molecular flexibility index (Phi) is 5.13. The molecule has 0 aliphatic carbocycles. The summed E-state index contributed by atoms with van der Waals surface area (Å²) in [5, 5.41) is 0. The number of H-pyrrole nitrogens is 1. The summed E-state index contributed by atoms with van der Waals surface area (Å²) in [4.78, 5) is 17.9. The predicted octanol–water partition coefficient (Wildman–Crippen LogP) is 3.86. The summed E-state index contributed by atoms with van der Waals surface area (Å²) in [6.45, 7) is 3.84. The highest BCUT2D eigenvalue weighted by molar-refractivity contribution is 9.10. The van der Waals surface area contributed by atoms with E-state index in [4.69, 9.17) is 21.1 Å². The molecule has 1 atom stereocenters. The Bertz CT molecular complexity index is 685. The first kappa shape index (κ1) is 16.8. The molecular formula is C15H16BrClN2O3. The van der Waals surface area contributed by atoms with Gasteiger partial charge in [0.05, 0.1) is 24.4 Å². The molecule has 1 unspecified atom stereocenters. The van der Waals surface area contributed by atoms with E-state index in [-0.39, 0.29) is 5.69 Å². The van der Waals surface area contributed by atoms with Crippen molar-refractivity contribution in [2.45, 2.75) is 18.7 Å². The smallest absolute Gasteiger partial charge is 0.356 e. The number of nitrogens with zero attached hydrogens (tertiary/aromatic N) is 1. The van der Waals surface area contributed by atoms with Gasteiger partial charge < -0.3 is 14.5 Å². The van der Waals surface area contributed by atoms with Crippen LogP contribution in [0.15, 0.2) is 28.9 Å². The van der Waals surface area contributed by atoms with Crippen LogP contribution in [0.25, 0.3) is 0 Å². The predicted molar refractivity (Wildman–Crippen MR) is 87.5 cm³/mol. The summed E-state index contributed by atoms with van der Waals surface area (Å²) >= 11 is 10.0. The van der Waals surface area contributed by atoms with E-state index in [0.29, 0.717) is 18.2 Å². The van der Waals surface area contributed by atoms with Gasteiger partial charge in [0, 0.05) is 0 Å². The quantitative estimate of drug-likeness (QED) is 0.625. The highest BCUT2D eigenvalue weighted by Gasteiger charge is 2.31. The van der Waals surface area contributed by atoms with Crippen molar-refractivity contribution in [3.8, 4) is 5.75 Å². The molecule has 1 aromatic carbocycles. The van der Waals surface area contributed by atoms with Gasteiger partial charge >= 0.3 is 5.97 Å². The van der Waals surface area contributed by atoms with Crippen molar-refractivity contribution in [2.75, 3.05) is 13.7 Å². The lowest BCUT2D eigenvalue weighted by Crippen LogP contribution is -2.18. The standard InChI is InChI=1S/C15H16BrClN2O3/c1-4-22-13(20)11-8-18-14(19-11)15(2,17)9-5-6-10(16)12(7-9)21-3/h5-8H,4H2,1-3H3,(H,18,19). The highest BCUT2D eigenvalue weighted by Crippen LogP contribution is 2.38. The molecule has 0 bridgehead atoms. The van der Waals surface area contributed by atoms with Crippen LogP contribution in [0.2, 0.25) is 0 Å². The van der Waals surface area contributed by atoms with Crippen molar-refractivity contribution in [2.24, 2.45) is 0 Å². The van der Waals surface area contributed by atoms with E-state index in [1.807, 2.05) is 18.2 Å². The molecule has 0 fully saturated rings. The van der Waals surface area contributed by atoms with Gasteiger partial charge in [-0.3, -0.25) is 0 Å². The van der Waals surface area contributed by atoms with Crippen LogP contribution in [-0.4, -0.2) is 29.7 Å². The number of aromatic amines is 1. The van der Waals surface area contributed by atoms with E-state index in [9.17, 15) is 4.79 Å². The fourth-order valence-corrected chi connectivity index (χ4v) is 2.58. The summed E-state index contributed by atoms with van der Waals surface area (Å²) in [6.07, 6.45) is 1.42. The molecule has 0 saturated carbocycles. The molecule has 0 aliphatic rings. The van der Waals surface area contributed by atoms with E-state index >= 15 is 0 Å². The lowest BCUT2D eigenvalue weighted by atomic mass is 9.99. The third-order valence-electron chi connectivity index (χ3n) is 3.21. The molecule has 7 heteroatoms. The van der Waals surface area contributed by atoms with Crippen LogP contribution in [0, 0.1) is 0 Å². The maximum atomic E-state index is 11.7. The zero-order valence-electron chi connectivity index (χ0n) is 12.4. The number of aromatic nitrogens is 2. The summed E-state index contributed by atoms with van der Waals surface area (Å²) in [6, 6.07) is 5.54. The Labute approximate surface area is 142 Å². The average molecular weight is 388 g/mol. The fraction of sp³-hybridized carbons (Fsp3) is 0.333. The van der Waals surface area contributed by atoms with E-state index < -0.39 is 10.8 Å². The number of carbonyl (C=O) groups excluding carboxylic acids is 1. The Hall–Kier alpha value is -1.53. The summed E-state index contributed by atoms with van der Waals surface area (Å²) in [5.41, 5.74) is 1.06. The lowest BCUT2D eigenvalue weighted by molar-refractivity contribution is 0.0520. The molecule has 1 heterocycles. The van der Waals surface area contributed by atoms with Gasteiger partial charge in [0.2, 0.25) is 0 Å². The van der Waals surface area contributed by atoms with Crippen LogP contribution in [0.3, 0.4) is 0 Å². The number of hydrogen-bond acceptors (Lipinski definition) is 4. The molecular weight excluding hydrogens is 372 g/mol. The number of rotatable bonds is 5. The normalized spacial score (nSPS) is 13.5. The van der Waals surface area contributed by atoms with Crippen LogP contribution in [0.1, 0.15) is 35.7 Å². The van der Waals surface area contributed by atoms with E-state index in [2.05, 4.69) is 25.9 Å². The van der Waals surface area contributed by atoms with Gasteiger partial charge in [-0.25, -0.2) is 9.78 Å². The average Bonchev–Trinajstić information content (AvgIpc) is 2.98. The number of nitrogens with one attached hydrogen (secondary N) is 1. The first-order valence-electron chi connectivity index (χ1n) is 6.65. The van der Waals surface area contributed by atoms with Crippen molar-refractivity contribution in [1.82, 2.24) is 9.97 Å². The summed E-state index contributed by atoms with van der Waals surface area (Å²) in [5.74, 6) is 0.672. The molecule has 1 aromatic heterocycles. The van der Waals surface area contributed by atoms with Gasteiger partial charge in [0.25, 0.3) is 0 Å². The van der Waals surface area contributed by atoms with Gasteiger partial charge in [-0.15, -0.1) is 11.6 Å². The Morgan fingerprint density at radius 2 is 2.23 bits per heavy atom. The Balaban J connectivity index is 2.36. The number of ether oxygens (including phenoxy) is 2. The number of benzene rings is 1. The number of esters is 1. The number of imidazole rings is 1. The minimum atomic E-state index is -0.932. The van der Waals surface area contributed by atoms with Crippen LogP contribution >= 0.6 is 27.5 Å².